The number of amides is 1. The van der Waals surface area contributed by atoms with Gasteiger partial charge in [-0.3, -0.25) is 4.79 Å². The maximum absolute atomic E-state index is 12.6. The zero-order valence-electron chi connectivity index (χ0n) is 11.9. The number of carbonyl (C=O) groups excluding carboxylic acids is 1. The number of hydrogen-bond donors (Lipinski definition) is 0. The summed E-state index contributed by atoms with van der Waals surface area (Å²) in [5.74, 6) is 1.21. The quantitative estimate of drug-likeness (QED) is 0.718. The van der Waals surface area contributed by atoms with Crippen LogP contribution in [0.5, 0.6) is 0 Å². The van der Waals surface area contributed by atoms with Gasteiger partial charge < -0.3 is 4.90 Å². The van der Waals surface area contributed by atoms with Crippen molar-refractivity contribution in [2.75, 3.05) is 5.75 Å². The summed E-state index contributed by atoms with van der Waals surface area (Å²) in [6, 6.07) is 8.31. The van der Waals surface area contributed by atoms with E-state index in [4.69, 9.17) is 0 Å². The highest BCUT2D eigenvalue weighted by molar-refractivity contribution is 8.04. The van der Waals surface area contributed by atoms with Gasteiger partial charge in [0.2, 0.25) is 0 Å². The molecule has 0 spiro atoms. The standard InChI is InChI=1S/C13H15NOS2.C2H6/c1-8-9(2)17-12-7-16-11-6-4-3-5-10(11)13(15)14(8)12;1-2/h3-6,8-9,12H,7H2,1-2H3;1-2H3. The van der Waals surface area contributed by atoms with Crippen molar-refractivity contribution < 1.29 is 4.79 Å². The number of carbonyl (C=O) groups is 1. The summed E-state index contributed by atoms with van der Waals surface area (Å²) in [5.41, 5.74) is 0.876. The van der Waals surface area contributed by atoms with E-state index >= 15 is 0 Å². The summed E-state index contributed by atoms with van der Waals surface area (Å²) in [6.07, 6.45) is 0. The highest BCUT2D eigenvalue weighted by atomic mass is 32.2. The van der Waals surface area contributed by atoms with Gasteiger partial charge in [-0.1, -0.05) is 32.9 Å². The molecular formula is C15H21NOS2. The molecule has 2 heterocycles. The molecule has 1 saturated heterocycles. The van der Waals surface area contributed by atoms with E-state index in [0.717, 1.165) is 16.2 Å². The molecule has 1 aromatic rings. The predicted molar refractivity (Wildman–Crippen MR) is 85.0 cm³/mol. The second-order valence-electron chi connectivity index (χ2n) is 4.56. The topological polar surface area (TPSA) is 20.3 Å². The predicted octanol–water partition coefficient (Wildman–Crippen LogP) is 4.11. The minimum Gasteiger partial charge on any atom is -0.322 e. The van der Waals surface area contributed by atoms with E-state index in [0.29, 0.717) is 16.7 Å². The molecule has 3 unspecified atom stereocenters. The molecular weight excluding hydrogens is 274 g/mol. The maximum Gasteiger partial charge on any atom is 0.256 e. The van der Waals surface area contributed by atoms with Gasteiger partial charge in [-0.25, -0.2) is 0 Å². The Kier molecular flexibility index (Phi) is 4.85. The van der Waals surface area contributed by atoms with E-state index in [1.54, 1.807) is 0 Å². The molecule has 19 heavy (non-hydrogen) atoms. The lowest BCUT2D eigenvalue weighted by Crippen LogP contribution is -2.41. The summed E-state index contributed by atoms with van der Waals surface area (Å²) in [5, 5.41) is 0.875. The van der Waals surface area contributed by atoms with E-state index < -0.39 is 0 Å². The molecule has 1 fully saturated rings. The third-order valence-corrected chi connectivity index (χ3v) is 6.43. The minimum absolute atomic E-state index is 0.208. The molecule has 0 aliphatic carbocycles. The Bertz CT molecular complexity index is 463. The van der Waals surface area contributed by atoms with Crippen LogP contribution in [0.3, 0.4) is 0 Å². The molecule has 0 aromatic heterocycles. The Hall–Kier alpha value is -0.610. The first-order valence-electron chi connectivity index (χ1n) is 6.88. The van der Waals surface area contributed by atoms with Gasteiger partial charge in [-0.05, 0) is 19.1 Å². The molecule has 0 radical (unpaired) electrons. The van der Waals surface area contributed by atoms with Crippen molar-refractivity contribution in [3.63, 3.8) is 0 Å². The lowest BCUT2D eigenvalue weighted by molar-refractivity contribution is 0.0705. The van der Waals surface area contributed by atoms with Crippen LogP contribution in [-0.4, -0.2) is 33.2 Å². The highest BCUT2D eigenvalue weighted by Crippen LogP contribution is 2.42. The van der Waals surface area contributed by atoms with Crippen molar-refractivity contribution in [2.24, 2.45) is 0 Å². The van der Waals surface area contributed by atoms with E-state index in [-0.39, 0.29) is 5.91 Å². The Morgan fingerprint density at radius 1 is 1.21 bits per heavy atom. The first-order chi connectivity index (χ1) is 9.18. The number of nitrogens with zero attached hydrogens (tertiary/aromatic N) is 1. The van der Waals surface area contributed by atoms with Crippen LogP contribution in [0.15, 0.2) is 29.2 Å². The van der Waals surface area contributed by atoms with Gasteiger partial charge in [0.15, 0.2) is 0 Å². The molecule has 0 N–H and O–H groups in total. The number of rotatable bonds is 0. The fraction of sp³-hybridized carbons (Fsp3) is 0.533. The van der Waals surface area contributed by atoms with Crippen molar-refractivity contribution in [3.8, 4) is 0 Å². The Balaban J connectivity index is 0.000000637. The minimum atomic E-state index is 0.208. The monoisotopic (exact) mass is 295 g/mol. The van der Waals surface area contributed by atoms with Crippen LogP contribution >= 0.6 is 23.5 Å². The van der Waals surface area contributed by atoms with E-state index in [1.165, 1.54) is 0 Å². The maximum atomic E-state index is 12.6. The van der Waals surface area contributed by atoms with Gasteiger partial charge in [-0.15, -0.1) is 23.5 Å². The summed E-state index contributed by atoms with van der Waals surface area (Å²) in [6.45, 7) is 8.38. The third kappa shape index (κ3) is 2.65. The van der Waals surface area contributed by atoms with Crippen LogP contribution in [0.25, 0.3) is 0 Å². The van der Waals surface area contributed by atoms with Gasteiger partial charge in [0.1, 0.15) is 0 Å². The fourth-order valence-corrected chi connectivity index (χ4v) is 5.18. The number of fused-ring (bicyclic) bond motifs is 2. The van der Waals surface area contributed by atoms with Crippen molar-refractivity contribution in [1.82, 2.24) is 4.90 Å². The van der Waals surface area contributed by atoms with Crippen LogP contribution in [0, 0.1) is 0 Å². The van der Waals surface area contributed by atoms with Crippen molar-refractivity contribution >= 4 is 29.4 Å². The van der Waals surface area contributed by atoms with Gasteiger partial charge >= 0.3 is 0 Å². The molecule has 1 amide bonds. The average Bonchev–Trinajstić information content (AvgIpc) is 2.65. The smallest absolute Gasteiger partial charge is 0.256 e. The Morgan fingerprint density at radius 2 is 1.89 bits per heavy atom. The van der Waals surface area contributed by atoms with E-state index in [2.05, 4.69) is 24.8 Å². The van der Waals surface area contributed by atoms with E-state index in [1.807, 2.05) is 55.6 Å². The van der Waals surface area contributed by atoms with Gasteiger partial charge in [0.05, 0.1) is 10.9 Å². The molecule has 3 atom stereocenters. The van der Waals surface area contributed by atoms with Crippen LogP contribution < -0.4 is 0 Å². The zero-order valence-corrected chi connectivity index (χ0v) is 13.6. The Labute approximate surface area is 124 Å². The summed E-state index contributed by atoms with van der Waals surface area (Å²) in [4.78, 5) is 15.8. The first-order valence-corrected chi connectivity index (χ1v) is 8.81. The van der Waals surface area contributed by atoms with Gasteiger partial charge in [0.25, 0.3) is 5.91 Å². The first kappa shape index (κ1) is 14.8. The molecule has 1 aromatic carbocycles. The second kappa shape index (κ2) is 6.23. The molecule has 3 rings (SSSR count). The molecule has 0 bridgehead atoms. The van der Waals surface area contributed by atoms with Gasteiger partial charge in [-0.2, -0.15) is 0 Å². The van der Waals surface area contributed by atoms with Crippen molar-refractivity contribution in [1.29, 1.82) is 0 Å². The average molecular weight is 295 g/mol. The lowest BCUT2D eigenvalue weighted by Gasteiger charge is -2.25. The highest BCUT2D eigenvalue weighted by Gasteiger charge is 2.42. The van der Waals surface area contributed by atoms with Crippen molar-refractivity contribution in [3.05, 3.63) is 29.8 Å². The zero-order chi connectivity index (χ0) is 14.0. The molecule has 104 valence electrons. The lowest BCUT2D eigenvalue weighted by atomic mass is 10.1. The molecule has 0 saturated carbocycles. The number of hydrogen-bond acceptors (Lipinski definition) is 3. The largest absolute Gasteiger partial charge is 0.322 e. The number of thioether (sulfide) groups is 2. The van der Waals surface area contributed by atoms with Crippen LogP contribution in [0.4, 0.5) is 0 Å². The van der Waals surface area contributed by atoms with Gasteiger partial charge in [0, 0.05) is 21.9 Å². The summed E-state index contributed by atoms with van der Waals surface area (Å²) in [7, 11) is 0. The second-order valence-corrected chi connectivity index (χ2v) is 7.18. The number of benzene rings is 1. The summed E-state index contributed by atoms with van der Waals surface area (Å²) < 4.78 is 0. The normalized spacial score (nSPS) is 28.9. The van der Waals surface area contributed by atoms with Crippen LogP contribution in [0.1, 0.15) is 38.1 Å². The van der Waals surface area contributed by atoms with Crippen LogP contribution in [-0.2, 0) is 0 Å². The fourth-order valence-electron chi connectivity index (χ4n) is 2.42. The molecule has 2 aliphatic rings. The van der Waals surface area contributed by atoms with Crippen molar-refractivity contribution in [2.45, 2.75) is 49.3 Å². The third-order valence-electron chi connectivity index (χ3n) is 3.53. The summed E-state index contributed by atoms with van der Waals surface area (Å²) >= 11 is 3.74. The Morgan fingerprint density at radius 3 is 2.63 bits per heavy atom. The van der Waals surface area contributed by atoms with E-state index in [9.17, 15) is 4.79 Å². The molecule has 2 aliphatic heterocycles. The molecule has 4 heteroatoms. The molecule has 2 nitrogen and oxygen atoms in total. The van der Waals surface area contributed by atoms with Crippen LogP contribution in [0.2, 0.25) is 0 Å². The SMILES string of the molecule is CC.CC1SC2CSc3ccccc3C(=O)N2C1C.